The quantitative estimate of drug-likeness (QED) is 0.653. The van der Waals surface area contributed by atoms with Crippen molar-refractivity contribution in [3.63, 3.8) is 0 Å². The van der Waals surface area contributed by atoms with Gasteiger partial charge in [0.15, 0.2) is 12.1 Å². The lowest BCUT2D eigenvalue weighted by Crippen LogP contribution is -2.07. The predicted octanol–water partition coefficient (Wildman–Crippen LogP) is 2.49. The maximum absolute atomic E-state index is 12.6. The third-order valence-electron chi connectivity index (χ3n) is 3.40. The molecule has 2 aromatic rings. The fraction of sp³-hybridized carbons (Fsp3) is 0.176. The maximum Gasteiger partial charge on any atom is 0.197 e. The summed E-state index contributed by atoms with van der Waals surface area (Å²) in [7, 11) is 0. The third kappa shape index (κ3) is 2.85. The monoisotopic (exact) mass is 284 g/mol. The molecule has 0 aliphatic rings. The van der Waals surface area contributed by atoms with Crippen LogP contribution in [0.1, 0.15) is 44.3 Å². The van der Waals surface area contributed by atoms with E-state index in [1.165, 1.54) is 0 Å². The van der Waals surface area contributed by atoms with Crippen LogP contribution in [0.15, 0.2) is 36.4 Å². The highest BCUT2D eigenvalue weighted by Gasteiger charge is 2.19. The molecule has 0 heterocycles. The lowest BCUT2D eigenvalue weighted by atomic mass is 9.94. The lowest BCUT2D eigenvalue weighted by Gasteiger charge is -2.11. The normalized spacial score (nSPS) is 10.4. The fourth-order valence-electron chi connectivity index (χ4n) is 2.21. The molecule has 108 valence electrons. The standard InChI is InChI=1S/C17H16O4/c1-2-11-7-13(10-19)16(20)15(8-11)17(21)14-6-4-3-5-12(14)9-18/h3-9,19-20H,2,10H2,1H3. The van der Waals surface area contributed by atoms with Crippen LogP contribution in [0, 0.1) is 0 Å². The van der Waals surface area contributed by atoms with E-state index in [0.717, 1.165) is 5.56 Å². The second-order valence-electron chi connectivity index (χ2n) is 4.70. The van der Waals surface area contributed by atoms with Gasteiger partial charge in [0.05, 0.1) is 12.2 Å². The van der Waals surface area contributed by atoms with Crippen molar-refractivity contribution < 1.29 is 19.8 Å². The van der Waals surface area contributed by atoms with E-state index >= 15 is 0 Å². The van der Waals surface area contributed by atoms with Crippen LogP contribution in [0.5, 0.6) is 5.75 Å². The summed E-state index contributed by atoms with van der Waals surface area (Å²) < 4.78 is 0. The molecule has 0 aromatic heterocycles. The molecule has 0 amide bonds. The van der Waals surface area contributed by atoms with E-state index < -0.39 is 5.78 Å². The smallest absolute Gasteiger partial charge is 0.197 e. The van der Waals surface area contributed by atoms with E-state index in [2.05, 4.69) is 0 Å². The van der Waals surface area contributed by atoms with Crippen LogP contribution in [-0.4, -0.2) is 22.3 Å². The van der Waals surface area contributed by atoms with Gasteiger partial charge in [-0.3, -0.25) is 9.59 Å². The number of hydrogen-bond donors (Lipinski definition) is 2. The van der Waals surface area contributed by atoms with Crippen molar-refractivity contribution in [3.8, 4) is 5.75 Å². The Morgan fingerprint density at radius 2 is 1.90 bits per heavy atom. The number of hydrogen-bond acceptors (Lipinski definition) is 4. The van der Waals surface area contributed by atoms with Gasteiger partial charge < -0.3 is 10.2 Å². The minimum atomic E-state index is -0.430. The van der Waals surface area contributed by atoms with Gasteiger partial charge in [-0.25, -0.2) is 0 Å². The van der Waals surface area contributed by atoms with Crippen molar-refractivity contribution in [2.45, 2.75) is 20.0 Å². The molecule has 0 fully saturated rings. The molecule has 4 heteroatoms. The highest BCUT2D eigenvalue weighted by atomic mass is 16.3. The fourth-order valence-corrected chi connectivity index (χ4v) is 2.21. The molecule has 2 rings (SSSR count). The van der Waals surface area contributed by atoms with Crippen molar-refractivity contribution in [1.29, 1.82) is 0 Å². The molecule has 0 atom stereocenters. The zero-order valence-electron chi connectivity index (χ0n) is 11.7. The number of rotatable bonds is 5. The van der Waals surface area contributed by atoms with Crippen LogP contribution in [0.2, 0.25) is 0 Å². The maximum atomic E-state index is 12.6. The van der Waals surface area contributed by atoms with Crippen LogP contribution < -0.4 is 0 Å². The summed E-state index contributed by atoms with van der Waals surface area (Å²) >= 11 is 0. The van der Waals surface area contributed by atoms with E-state index in [0.29, 0.717) is 18.3 Å². The number of benzene rings is 2. The molecule has 2 N–H and O–H groups in total. The Morgan fingerprint density at radius 3 is 2.52 bits per heavy atom. The zero-order valence-corrected chi connectivity index (χ0v) is 11.7. The molecule has 0 aliphatic heterocycles. The molecule has 0 radical (unpaired) electrons. The second-order valence-corrected chi connectivity index (χ2v) is 4.70. The molecule has 0 saturated heterocycles. The summed E-state index contributed by atoms with van der Waals surface area (Å²) in [6, 6.07) is 9.68. The number of carbonyl (C=O) groups excluding carboxylic acids is 2. The number of carbonyl (C=O) groups is 2. The van der Waals surface area contributed by atoms with Gasteiger partial charge in [-0.05, 0) is 24.1 Å². The average molecular weight is 284 g/mol. The number of aryl methyl sites for hydroxylation is 1. The predicted molar refractivity (Wildman–Crippen MR) is 78.7 cm³/mol. The first kappa shape index (κ1) is 14.9. The van der Waals surface area contributed by atoms with Crippen molar-refractivity contribution in [3.05, 3.63) is 64.2 Å². The molecule has 4 nitrogen and oxygen atoms in total. The van der Waals surface area contributed by atoms with Crippen molar-refractivity contribution in [2.24, 2.45) is 0 Å². The third-order valence-corrected chi connectivity index (χ3v) is 3.40. The number of aliphatic hydroxyl groups excluding tert-OH is 1. The van der Waals surface area contributed by atoms with Crippen molar-refractivity contribution in [1.82, 2.24) is 0 Å². The summed E-state index contributed by atoms with van der Waals surface area (Å²) in [6.07, 6.45) is 1.28. The van der Waals surface area contributed by atoms with Gasteiger partial charge in [-0.1, -0.05) is 31.2 Å². The topological polar surface area (TPSA) is 74.6 Å². The first-order chi connectivity index (χ1) is 10.1. The minimum Gasteiger partial charge on any atom is -0.507 e. The summed E-state index contributed by atoms with van der Waals surface area (Å²) in [5, 5.41) is 19.4. The Balaban J connectivity index is 2.60. The van der Waals surface area contributed by atoms with Gasteiger partial charge in [0, 0.05) is 16.7 Å². The van der Waals surface area contributed by atoms with Gasteiger partial charge >= 0.3 is 0 Å². The van der Waals surface area contributed by atoms with Crippen LogP contribution in [-0.2, 0) is 13.0 Å². The van der Waals surface area contributed by atoms with Gasteiger partial charge in [-0.2, -0.15) is 0 Å². The number of phenols is 1. The van der Waals surface area contributed by atoms with E-state index in [-0.39, 0.29) is 29.0 Å². The van der Waals surface area contributed by atoms with Crippen molar-refractivity contribution >= 4 is 12.1 Å². The van der Waals surface area contributed by atoms with Crippen LogP contribution in [0.4, 0.5) is 0 Å². The van der Waals surface area contributed by atoms with E-state index in [9.17, 15) is 19.8 Å². The summed E-state index contributed by atoms with van der Waals surface area (Å²) in [4.78, 5) is 23.6. The Kier molecular flexibility index (Phi) is 4.50. The van der Waals surface area contributed by atoms with E-state index in [4.69, 9.17) is 0 Å². The highest BCUT2D eigenvalue weighted by Crippen LogP contribution is 2.28. The number of ketones is 1. The van der Waals surface area contributed by atoms with Crippen LogP contribution in [0.3, 0.4) is 0 Å². The Bertz CT molecular complexity index is 689. The van der Waals surface area contributed by atoms with Gasteiger partial charge in [0.1, 0.15) is 5.75 Å². The zero-order chi connectivity index (χ0) is 15.4. The summed E-state index contributed by atoms with van der Waals surface area (Å²) in [5.41, 5.74) is 1.76. The molecular weight excluding hydrogens is 268 g/mol. The molecule has 0 unspecified atom stereocenters. The molecule has 0 saturated carbocycles. The molecular formula is C17H16O4. The van der Waals surface area contributed by atoms with Gasteiger partial charge in [0.2, 0.25) is 0 Å². The lowest BCUT2D eigenvalue weighted by molar-refractivity contribution is 0.102. The Morgan fingerprint density at radius 1 is 1.19 bits per heavy atom. The number of aliphatic hydroxyl groups is 1. The number of aromatic hydroxyl groups is 1. The molecule has 21 heavy (non-hydrogen) atoms. The largest absolute Gasteiger partial charge is 0.507 e. The van der Waals surface area contributed by atoms with E-state index in [1.54, 1.807) is 36.4 Å². The first-order valence-corrected chi connectivity index (χ1v) is 6.66. The van der Waals surface area contributed by atoms with Gasteiger partial charge in [0.25, 0.3) is 0 Å². The first-order valence-electron chi connectivity index (χ1n) is 6.66. The molecule has 0 bridgehead atoms. The SMILES string of the molecule is CCc1cc(CO)c(O)c(C(=O)c2ccccc2C=O)c1. The highest BCUT2D eigenvalue weighted by molar-refractivity contribution is 6.14. The molecule has 0 aliphatic carbocycles. The van der Waals surface area contributed by atoms with Gasteiger partial charge in [-0.15, -0.1) is 0 Å². The van der Waals surface area contributed by atoms with Crippen LogP contribution in [0.25, 0.3) is 0 Å². The Hall–Kier alpha value is -2.46. The summed E-state index contributed by atoms with van der Waals surface area (Å²) in [6.45, 7) is 1.57. The Labute approximate surface area is 122 Å². The van der Waals surface area contributed by atoms with Crippen LogP contribution >= 0.6 is 0 Å². The minimum absolute atomic E-state index is 0.104. The molecule has 2 aromatic carbocycles. The average Bonchev–Trinajstić information content (AvgIpc) is 2.54. The van der Waals surface area contributed by atoms with Crippen molar-refractivity contribution in [2.75, 3.05) is 0 Å². The number of aldehydes is 1. The second kappa shape index (κ2) is 6.33. The molecule has 0 spiro atoms. The summed E-state index contributed by atoms with van der Waals surface area (Å²) in [5.74, 6) is -0.666. The van der Waals surface area contributed by atoms with E-state index in [1.807, 2.05) is 6.92 Å².